The molecule has 5 nitrogen and oxygen atoms in total. The standard InChI is InChI=1S/C14H22N2O3S/c1-19-10-8-12-5-2-3-7-14(12)16-20(17,18)13-6-4-9-15-11-13/h2-3,5,7,13,15-16H,4,6,8-11H2,1H3. The van der Waals surface area contributed by atoms with E-state index in [1.807, 2.05) is 18.2 Å². The van der Waals surface area contributed by atoms with Gasteiger partial charge in [0.1, 0.15) is 0 Å². The van der Waals surface area contributed by atoms with E-state index in [0.29, 0.717) is 31.7 Å². The van der Waals surface area contributed by atoms with E-state index in [0.717, 1.165) is 18.5 Å². The Morgan fingerprint density at radius 1 is 1.40 bits per heavy atom. The summed E-state index contributed by atoms with van der Waals surface area (Å²) in [6.45, 7) is 2.00. The van der Waals surface area contributed by atoms with Crippen molar-refractivity contribution in [2.75, 3.05) is 31.5 Å². The third-order valence-electron chi connectivity index (χ3n) is 3.54. The van der Waals surface area contributed by atoms with Gasteiger partial charge >= 0.3 is 0 Å². The number of hydrogen-bond donors (Lipinski definition) is 2. The van der Waals surface area contributed by atoms with Crippen LogP contribution in [0.15, 0.2) is 24.3 Å². The minimum absolute atomic E-state index is 0.355. The molecule has 1 aliphatic rings. The van der Waals surface area contributed by atoms with E-state index in [1.54, 1.807) is 13.2 Å². The van der Waals surface area contributed by atoms with Crippen molar-refractivity contribution < 1.29 is 13.2 Å². The molecule has 20 heavy (non-hydrogen) atoms. The minimum Gasteiger partial charge on any atom is -0.384 e. The lowest BCUT2D eigenvalue weighted by atomic mass is 10.1. The summed E-state index contributed by atoms with van der Waals surface area (Å²) in [5, 5.41) is 2.78. The molecular formula is C14H22N2O3S. The van der Waals surface area contributed by atoms with E-state index in [2.05, 4.69) is 10.0 Å². The van der Waals surface area contributed by atoms with Gasteiger partial charge < -0.3 is 10.1 Å². The monoisotopic (exact) mass is 298 g/mol. The van der Waals surface area contributed by atoms with E-state index in [4.69, 9.17) is 4.74 Å². The molecule has 0 aromatic heterocycles. The van der Waals surface area contributed by atoms with Crippen LogP contribution in [0.3, 0.4) is 0 Å². The SMILES string of the molecule is COCCc1ccccc1NS(=O)(=O)C1CCCNC1. The highest BCUT2D eigenvalue weighted by atomic mass is 32.2. The molecule has 1 fully saturated rings. The second-order valence-corrected chi connectivity index (χ2v) is 6.98. The summed E-state index contributed by atoms with van der Waals surface area (Å²) < 4.78 is 32.6. The third kappa shape index (κ3) is 3.94. The Morgan fingerprint density at radius 3 is 2.90 bits per heavy atom. The van der Waals surface area contributed by atoms with Gasteiger partial charge in [-0.15, -0.1) is 0 Å². The molecule has 2 rings (SSSR count). The van der Waals surface area contributed by atoms with Crippen molar-refractivity contribution in [2.24, 2.45) is 0 Å². The van der Waals surface area contributed by atoms with Crippen LogP contribution in [0, 0.1) is 0 Å². The average molecular weight is 298 g/mol. The molecule has 0 saturated carbocycles. The first-order valence-electron chi connectivity index (χ1n) is 6.92. The quantitative estimate of drug-likeness (QED) is 0.832. The number of benzene rings is 1. The predicted octanol–water partition coefficient (Wildman–Crippen LogP) is 1.37. The smallest absolute Gasteiger partial charge is 0.236 e. The third-order valence-corrected chi connectivity index (χ3v) is 5.32. The van der Waals surface area contributed by atoms with Crippen LogP contribution in [-0.4, -0.2) is 40.5 Å². The van der Waals surface area contributed by atoms with Crippen molar-refractivity contribution in [3.05, 3.63) is 29.8 Å². The van der Waals surface area contributed by atoms with E-state index in [9.17, 15) is 8.42 Å². The molecule has 0 amide bonds. The predicted molar refractivity (Wildman–Crippen MR) is 80.5 cm³/mol. The molecular weight excluding hydrogens is 276 g/mol. The maximum atomic E-state index is 12.4. The van der Waals surface area contributed by atoms with Crippen molar-refractivity contribution in [3.8, 4) is 0 Å². The number of methoxy groups -OCH3 is 1. The number of nitrogens with one attached hydrogen (secondary N) is 2. The summed E-state index contributed by atoms with van der Waals surface area (Å²) in [7, 11) is -1.70. The highest BCUT2D eigenvalue weighted by Crippen LogP contribution is 2.20. The maximum Gasteiger partial charge on any atom is 0.236 e. The van der Waals surface area contributed by atoms with Gasteiger partial charge in [-0.25, -0.2) is 8.42 Å². The van der Waals surface area contributed by atoms with Gasteiger partial charge in [0.05, 0.1) is 17.5 Å². The van der Waals surface area contributed by atoms with Gasteiger partial charge in [0.2, 0.25) is 10.0 Å². The molecule has 1 aromatic carbocycles. The Bertz CT molecular complexity index is 525. The lowest BCUT2D eigenvalue weighted by Crippen LogP contribution is -2.41. The summed E-state index contributed by atoms with van der Waals surface area (Å²) in [5.41, 5.74) is 1.62. The van der Waals surface area contributed by atoms with E-state index in [-0.39, 0.29) is 5.25 Å². The van der Waals surface area contributed by atoms with Gasteiger partial charge in [0.25, 0.3) is 0 Å². The Labute approximate surface area is 120 Å². The molecule has 6 heteroatoms. The first-order chi connectivity index (χ1) is 9.63. The van der Waals surface area contributed by atoms with Crippen LogP contribution in [0.4, 0.5) is 5.69 Å². The number of anilines is 1. The maximum absolute atomic E-state index is 12.4. The molecule has 1 heterocycles. The molecule has 1 unspecified atom stereocenters. The van der Waals surface area contributed by atoms with Crippen LogP contribution in [0.25, 0.3) is 0 Å². The van der Waals surface area contributed by atoms with Gasteiger partial charge in [0.15, 0.2) is 0 Å². The molecule has 1 aromatic rings. The number of ether oxygens (including phenoxy) is 1. The van der Waals surface area contributed by atoms with Gasteiger partial charge in [-0.05, 0) is 37.4 Å². The second-order valence-electron chi connectivity index (χ2n) is 5.02. The van der Waals surface area contributed by atoms with Gasteiger partial charge in [-0.3, -0.25) is 4.72 Å². The van der Waals surface area contributed by atoms with E-state index >= 15 is 0 Å². The number of rotatable bonds is 6. The largest absolute Gasteiger partial charge is 0.384 e. The summed E-state index contributed by atoms with van der Waals surface area (Å²) in [6.07, 6.45) is 2.30. The first-order valence-corrected chi connectivity index (χ1v) is 8.47. The molecule has 0 radical (unpaired) electrons. The van der Waals surface area contributed by atoms with Crippen LogP contribution in [-0.2, 0) is 21.2 Å². The molecule has 0 spiro atoms. The summed E-state index contributed by atoms with van der Waals surface area (Å²) in [5.74, 6) is 0. The Kier molecular flexibility index (Phi) is 5.39. The number of hydrogen-bond acceptors (Lipinski definition) is 4. The molecule has 0 aliphatic carbocycles. The Hall–Kier alpha value is -1.11. The molecule has 1 atom stereocenters. The van der Waals surface area contributed by atoms with Crippen LogP contribution < -0.4 is 10.0 Å². The summed E-state index contributed by atoms with van der Waals surface area (Å²) in [4.78, 5) is 0. The van der Waals surface area contributed by atoms with Crippen molar-refractivity contribution in [2.45, 2.75) is 24.5 Å². The average Bonchev–Trinajstić information content (AvgIpc) is 2.47. The lowest BCUT2D eigenvalue weighted by Gasteiger charge is -2.24. The van der Waals surface area contributed by atoms with Crippen LogP contribution in [0.1, 0.15) is 18.4 Å². The zero-order valence-corrected chi connectivity index (χ0v) is 12.6. The Morgan fingerprint density at radius 2 is 2.20 bits per heavy atom. The van der Waals surface area contributed by atoms with Crippen LogP contribution in [0.2, 0.25) is 0 Å². The number of para-hydroxylation sites is 1. The van der Waals surface area contributed by atoms with Crippen molar-refractivity contribution in [1.82, 2.24) is 5.32 Å². The molecule has 2 N–H and O–H groups in total. The summed E-state index contributed by atoms with van der Waals surface area (Å²) in [6, 6.07) is 7.48. The minimum atomic E-state index is -3.34. The van der Waals surface area contributed by atoms with Gasteiger partial charge in [-0.2, -0.15) is 0 Å². The highest BCUT2D eigenvalue weighted by Gasteiger charge is 2.27. The Balaban J connectivity index is 2.11. The van der Waals surface area contributed by atoms with E-state index in [1.165, 1.54) is 0 Å². The fourth-order valence-electron chi connectivity index (χ4n) is 2.37. The van der Waals surface area contributed by atoms with Crippen molar-refractivity contribution in [1.29, 1.82) is 0 Å². The van der Waals surface area contributed by atoms with Crippen molar-refractivity contribution in [3.63, 3.8) is 0 Å². The lowest BCUT2D eigenvalue weighted by molar-refractivity contribution is 0.202. The number of piperidine rings is 1. The van der Waals surface area contributed by atoms with Gasteiger partial charge in [-0.1, -0.05) is 18.2 Å². The van der Waals surface area contributed by atoms with Gasteiger partial charge in [0, 0.05) is 13.7 Å². The second kappa shape index (κ2) is 7.06. The summed E-state index contributed by atoms with van der Waals surface area (Å²) >= 11 is 0. The van der Waals surface area contributed by atoms with Crippen LogP contribution in [0.5, 0.6) is 0 Å². The first kappa shape index (κ1) is 15.3. The van der Waals surface area contributed by atoms with Crippen molar-refractivity contribution >= 4 is 15.7 Å². The zero-order chi connectivity index (χ0) is 14.4. The molecule has 0 bridgehead atoms. The number of sulfonamides is 1. The fourth-order valence-corrected chi connectivity index (χ4v) is 3.86. The highest BCUT2D eigenvalue weighted by molar-refractivity contribution is 7.93. The zero-order valence-electron chi connectivity index (χ0n) is 11.8. The molecule has 1 aliphatic heterocycles. The fraction of sp³-hybridized carbons (Fsp3) is 0.571. The topological polar surface area (TPSA) is 67.4 Å². The van der Waals surface area contributed by atoms with E-state index < -0.39 is 10.0 Å². The molecule has 112 valence electrons. The van der Waals surface area contributed by atoms with Crippen LogP contribution >= 0.6 is 0 Å². The normalized spacial score (nSPS) is 19.8. The molecule has 1 saturated heterocycles.